The van der Waals surface area contributed by atoms with Crippen molar-refractivity contribution in [2.45, 2.75) is 20.4 Å². The Labute approximate surface area is 133 Å². The van der Waals surface area contributed by atoms with E-state index in [4.69, 9.17) is 16.3 Å². The number of aryl methyl sites for hydroxylation is 1. The van der Waals surface area contributed by atoms with E-state index in [0.29, 0.717) is 11.6 Å². The monoisotopic (exact) mass is 353 g/mol. The number of ether oxygens (including phenoxy) is 1. The summed E-state index contributed by atoms with van der Waals surface area (Å²) in [7, 11) is 0. The molecular formula is C16H17BrClNO. The van der Waals surface area contributed by atoms with Gasteiger partial charge in [0.05, 0.1) is 11.6 Å². The Balaban J connectivity index is 2.05. The molecule has 0 spiro atoms. The van der Waals surface area contributed by atoms with Gasteiger partial charge in [-0.15, -0.1) is 0 Å². The lowest BCUT2D eigenvalue weighted by atomic mass is 10.1. The van der Waals surface area contributed by atoms with Gasteiger partial charge in [-0.25, -0.2) is 0 Å². The van der Waals surface area contributed by atoms with E-state index in [1.165, 1.54) is 11.1 Å². The van der Waals surface area contributed by atoms with Gasteiger partial charge < -0.3 is 10.1 Å². The molecule has 0 fully saturated rings. The van der Waals surface area contributed by atoms with Crippen molar-refractivity contribution in [3.8, 4) is 5.75 Å². The van der Waals surface area contributed by atoms with Crippen molar-refractivity contribution >= 4 is 33.2 Å². The first-order chi connectivity index (χ1) is 9.60. The standard InChI is InChI=1S/C16H17BrClNO/c1-3-20-16-7-6-13(9-15(16)18)19-10-12-5-4-11(2)8-14(12)17/h4-9,19H,3,10H2,1-2H3. The van der Waals surface area contributed by atoms with E-state index >= 15 is 0 Å². The van der Waals surface area contributed by atoms with Gasteiger partial charge in [0.15, 0.2) is 0 Å². The minimum atomic E-state index is 0.614. The van der Waals surface area contributed by atoms with E-state index in [-0.39, 0.29) is 0 Å². The number of hydrogen-bond acceptors (Lipinski definition) is 2. The highest BCUT2D eigenvalue weighted by Gasteiger charge is 2.04. The largest absolute Gasteiger partial charge is 0.492 e. The highest BCUT2D eigenvalue weighted by Crippen LogP contribution is 2.28. The number of hydrogen-bond donors (Lipinski definition) is 1. The van der Waals surface area contributed by atoms with Crippen LogP contribution in [0.1, 0.15) is 18.1 Å². The fourth-order valence-corrected chi connectivity index (χ4v) is 2.74. The van der Waals surface area contributed by atoms with Crippen LogP contribution in [-0.4, -0.2) is 6.61 Å². The fourth-order valence-electron chi connectivity index (χ4n) is 1.88. The summed E-state index contributed by atoms with van der Waals surface area (Å²) in [6.07, 6.45) is 0. The first-order valence-electron chi connectivity index (χ1n) is 6.51. The van der Waals surface area contributed by atoms with Crippen molar-refractivity contribution in [1.82, 2.24) is 0 Å². The first kappa shape index (κ1) is 15.2. The molecule has 0 saturated heterocycles. The summed E-state index contributed by atoms with van der Waals surface area (Å²) in [6, 6.07) is 12.1. The summed E-state index contributed by atoms with van der Waals surface area (Å²) in [6.45, 7) is 5.37. The molecule has 4 heteroatoms. The van der Waals surface area contributed by atoms with E-state index in [2.05, 4.69) is 46.4 Å². The predicted octanol–water partition coefficient (Wildman–Crippen LogP) is 5.42. The van der Waals surface area contributed by atoms with Crippen LogP contribution in [-0.2, 0) is 6.54 Å². The van der Waals surface area contributed by atoms with Gasteiger partial charge in [0.2, 0.25) is 0 Å². The number of halogens is 2. The quantitative estimate of drug-likeness (QED) is 0.774. The molecule has 0 bridgehead atoms. The van der Waals surface area contributed by atoms with Crippen LogP contribution < -0.4 is 10.1 Å². The second kappa shape index (κ2) is 7.00. The SMILES string of the molecule is CCOc1ccc(NCc2ccc(C)cc2Br)cc1Cl. The first-order valence-corrected chi connectivity index (χ1v) is 7.68. The van der Waals surface area contributed by atoms with Crippen LogP contribution in [0.4, 0.5) is 5.69 Å². The molecule has 0 aliphatic rings. The molecule has 0 aromatic heterocycles. The molecule has 1 N–H and O–H groups in total. The molecule has 2 nitrogen and oxygen atoms in total. The summed E-state index contributed by atoms with van der Waals surface area (Å²) < 4.78 is 6.53. The third-order valence-electron chi connectivity index (χ3n) is 2.92. The van der Waals surface area contributed by atoms with Crippen LogP contribution >= 0.6 is 27.5 Å². The van der Waals surface area contributed by atoms with Crippen molar-refractivity contribution < 1.29 is 4.74 Å². The number of benzene rings is 2. The molecule has 2 rings (SSSR count). The van der Waals surface area contributed by atoms with Gasteiger partial charge >= 0.3 is 0 Å². The lowest BCUT2D eigenvalue weighted by Gasteiger charge is -2.11. The molecule has 2 aromatic rings. The number of rotatable bonds is 5. The van der Waals surface area contributed by atoms with Crippen LogP contribution in [0.3, 0.4) is 0 Å². The third kappa shape index (κ3) is 3.90. The summed E-state index contributed by atoms with van der Waals surface area (Å²) in [5, 5.41) is 3.99. The van der Waals surface area contributed by atoms with Crippen molar-refractivity contribution in [1.29, 1.82) is 0 Å². The zero-order valence-electron chi connectivity index (χ0n) is 11.5. The Morgan fingerprint density at radius 1 is 1.20 bits per heavy atom. The van der Waals surface area contributed by atoms with E-state index in [1.54, 1.807) is 0 Å². The molecule has 0 unspecified atom stereocenters. The topological polar surface area (TPSA) is 21.3 Å². The maximum atomic E-state index is 6.17. The van der Waals surface area contributed by atoms with Gasteiger partial charge in [-0.2, -0.15) is 0 Å². The molecule has 2 aromatic carbocycles. The Hall–Kier alpha value is -1.19. The second-order valence-corrected chi connectivity index (χ2v) is 5.79. The Kier molecular flexibility index (Phi) is 5.32. The highest BCUT2D eigenvalue weighted by atomic mass is 79.9. The van der Waals surface area contributed by atoms with Gasteiger partial charge in [-0.05, 0) is 49.2 Å². The van der Waals surface area contributed by atoms with Crippen LogP contribution in [0.2, 0.25) is 5.02 Å². The van der Waals surface area contributed by atoms with Crippen molar-refractivity contribution in [2.75, 3.05) is 11.9 Å². The van der Waals surface area contributed by atoms with Crippen molar-refractivity contribution in [3.63, 3.8) is 0 Å². The Morgan fingerprint density at radius 3 is 2.65 bits per heavy atom. The van der Waals surface area contributed by atoms with Crippen molar-refractivity contribution in [3.05, 3.63) is 57.0 Å². The van der Waals surface area contributed by atoms with Gasteiger partial charge in [0.25, 0.3) is 0 Å². The lowest BCUT2D eigenvalue weighted by Crippen LogP contribution is -2.01. The van der Waals surface area contributed by atoms with Gasteiger partial charge in [0, 0.05) is 16.7 Å². The summed E-state index contributed by atoms with van der Waals surface area (Å²) in [5.74, 6) is 0.719. The minimum absolute atomic E-state index is 0.614. The Morgan fingerprint density at radius 2 is 2.00 bits per heavy atom. The summed E-state index contributed by atoms with van der Waals surface area (Å²) in [4.78, 5) is 0. The molecule has 20 heavy (non-hydrogen) atoms. The molecule has 0 aliphatic heterocycles. The fraction of sp³-hybridized carbons (Fsp3) is 0.250. The third-order valence-corrected chi connectivity index (χ3v) is 3.96. The van der Waals surface area contributed by atoms with Gasteiger partial charge in [-0.3, -0.25) is 0 Å². The number of anilines is 1. The highest BCUT2D eigenvalue weighted by molar-refractivity contribution is 9.10. The lowest BCUT2D eigenvalue weighted by molar-refractivity contribution is 0.340. The maximum absolute atomic E-state index is 6.17. The smallest absolute Gasteiger partial charge is 0.138 e. The molecule has 0 aliphatic carbocycles. The van der Waals surface area contributed by atoms with Crippen LogP contribution in [0.25, 0.3) is 0 Å². The molecule has 0 amide bonds. The average molecular weight is 355 g/mol. The molecule has 0 atom stereocenters. The van der Waals surface area contributed by atoms with Gasteiger partial charge in [0.1, 0.15) is 5.75 Å². The van der Waals surface area contributed by atoms with Crippen LogP contribution in [0, 0.1) is 6.92 Å². The van der Waals surface area contributed by atoms with Crippen LogP contribution in [0.5, 0.6) is 5.75 Å². The maximum Gasteiger partial charge on any atom is 0.138 e. The van der Waals surface area contributed by atoms with E-state index < -0.39 is 0 Å². The average Bonchev–Trinajstić information content (AvgIpc) is 2.41. The molecular weight excluding hydrogens is 338 g/mol. The van der Waals surface area contributed by atoms with E-state index in [9.17, 15) is 0 Å². The minimum Gasteiger partial charge on any atom is -0.492 e. The molecule has 0 heterocycles. The number of nitrogens with one attached hydrogen (secondary N) is 1. The Bertz CT molecular complexity index is 601. The normalized spacial score (nSPS) is 10.4. The molecule has 106 valence electrons. The van der Waals surface area contributed by atoms with Crippen molar-refractivity contribution in [2.24, 2.45) is 0 Å². The predicted molar refractivity (Wildman–Crippen MR) is 88.8 cm³/mol. The summed E-state index contributed by atoms with van der Waals surface area (Å²) in [5.41, 5.74) is 3.43. The summed E-state index contributed by atoms with van der Waals surface area (Å²) >= 11 is 9.75. The molecule has 0 radical (unpaired) electrons. The second-order valence-electron chi connectivity index (χ2n) is 4.53. The van der Waals surface area contributed by atoms with E-state index in [1.807, 2.05) is 25.1 Å². The molecule has 0 saturated carbocycles. The zero-order valence-corrected chi connectivity index (χ0v) is 13.9. The van der Waals surface area contributed by atoms with Crippen LogP contribution in [0.15, 0.2) is 40.9 Å². The van der Waals surface area contributed by atoms with Gasteiger partial charge in [-0.1, -0.05) is 39.7 Å². The zero-order chi connectivity index (χ0) is 14.5. The van der Waals surface area contributed by atoms with E-state index in [0.717, 1.165) is 22.5 Å².